The van der Waals surface area contributed by atoms with E-state index in [1.807, 2.05) is 38.1 Å². The number of nitrogens with zero attached hydrogens (tertiary/aromatic N) is 3. The number of aliphatic hydroxyl groups excluding tert-OH is 1. The van der Waals surface area contributed by atoms with Gasteiger partial charge < -0.3 is 10.4 Å². The van der Waals surface area contributed by atoms with Gasteiger partial charge in [-0.1, -0.05) is 29.5 Å². The van der Waals surface area contributed by atoms with Gasteiger partial charge >= 0.3 is 0 Å². The molecule has 106 valence electrons. The topological polar surface area (TPSA) is 80.0 Å². The van der Waals surface area contributed by atoms with E-state index in [0.717, 1.165) is 11.1 Å². The number of aryl methyl sites for hydroxylation is 1. The molecule has 1 amide bonds. The molecule has 6 nitrogen and oxygen atoms in total. The van der Waals surface area contributed by atoms with Gasteiger partial charge in [0.2, 0.25) is 5.91 Å². The van der Waals surface area contributed by atoms with E-state index >= 15 is 0 Å². The zero-order chi connectivity index (χ0) is 14.5. The first-order chi connectivity index (χ1) is 9.60. The van der Waals surface area contributed by atoms with Crippen LogP contribution in [0.15, 0.2) is 30.5 Å². The van der Waals surface area contributed by atoms with E-state index in [9.17, 15) is 4.79 Å². The minimum absolute atomic E-state index is 0.0652. The maximum Gasteiger partial charge on any atom is 0.242 e. The van der Waals surface area contributed by atoms with E-state index in [1.165, 1.54) is 4.68 Å². The average Bonchev–Trinajstić information content (AvgIpc) is 2.86. The number of rotatable bonds is 5. The molecule has 1 unspecified atom stereocenters. The largest absolute Gasteiger partial charge is 0.390 e. The Morgan fingerprint density at radius 2 is 2.20 bits per heavy atom. The molecular weight excluding hydrogens is 256 g/mol. The summed E-state index contributed by atoms with van der Waals surface area (Å²) in [6.45, 7) is 3.87. The first-order valence-electron chi connectivity index (χ1n) is 6.45. The van der Waals surface area contributed by atoms with Crippen LogP contribution in [0.2, 0.25) is 0 Å². The van der Waals surface area contributed by atoms with E-state index in [1.54, 1.807) is 6.20 Å². The minimum Gasteiger partial charge on any atom is -0.390 e. The van der Waals surface area contributed by atoms with Crippen molar-refractivity contribution < 1.29 is 9.90 Å². The van der Waals surface area contributed by atoms with Crippen LogP contribution in [0, 0.1) is 6.92 Å². The van der Waals surface area contributed by atoms with Crippen LogP contribution in [0.25, 0.3) is 0 Å². The Balaban J connectivity index is 1.96. The molecular formula is C14H18N4O2. The fourth-order valence-corrected chi connectivity index (χ4v) is 2.07. The van der Waals surface area contributed by atoms with Crippen LogP contribution in [-0.4, -0.2) is 26.0 Å². The third-order valence-corrected chi connectivity index (χ3v) is 3.09. The highest BCUT2D eigenvalue weighted by atomic mass is 16.3. The lowest BCUT2D eigenvalue weighted by Crippen LogP contribution is -2.30. The first kappa shape index (κ1) is 14.2. The van der Waals surface area contributed by atoms with Crippen molar-refractivity contribution in [3.63, 3.8) is 0 Å². The molecule has 2 rings (SSSR count). The van der Waals surface area contributed by atoms with Crippen molar-refractivity contribution in [3.05, 3.63) is 47.3 Å². The van der Waals surface area contributed by atoms with Crippen LogP contribution in [0.3, 0.4) is 0 Å². The van der Waals surface area contributed by atoms with E-state index < -0.39 is 0 Å². The molecule has 2 aromatic rings. The van der Waals surface area contributed by atoms with Crippen LogP contribution >= 0.6 is 0 Å². The molecule has 1 atom stereocenters. The molecule has 6 heteroatoms. The number of carbonyl (C=O) groups excluding carboxylic acids is 1. The predicted molar refractivity (Wildman–Crippen MR) is 73.7 cm³/mol. The number of benzene rings is 1. The predicted octanol–water partition coefficient (Wildman–Crippen LogP) is 0.956. The minimum atomic E-state index is -0.179. The van der Waals surface area contributed by atoms with E-state index in [-0.39, 0.29) is 25.1 Å². The molecule has 1 heterocycles. The highest BCUT2D eigenvalue weighted by molar-refractivity contribution is 5.76. The standard InChI is InChI=1S/C14H18N4O2/c1-10-5-3-4-6-13(10)11(2)15-14(20)8-18-7-12(9-19)16-17-18/h3-7,11,19H,8-9H2,1-2H3,(H,15,20). The van der Waals surface area contributed by atoms with E-state index in [2.05, 4.69) is 15.6 Å². The molecule has 0 fully saturated rings. The van der Waals surface area contributed by atoms with Gasteiger partial charge in [-0.25, -0.2) is 4.68 Å². The number of hydrogen-bond acceptors (Lipinski definition) is 4. The van der Waals surface area contributed by atoms with Crippen LogP contribution in [0.4, 0.5) is 0 Å². The second kappa shape index (κ2) is 6.29. The fourth-order valence-electron chi connectivity index (χ4n) is 2.07. The van der Waals surface area contributed by atoms with Crippen LogP contribution in [0.5, 0.6) is 0 Å². The molecule has 0 saturated carbocycles. The number of aliphatic hydroxyl groups is 1. The molecule has 0 saturated heterocycles. The Bertz CT molecular complexity index is 594. The van der Waals surface area contributed by atoms with Gasteiger partial charge in [0, 0.05) is 0 Å². The first-order valence-corrected chi connectivity index (χ1v) is 6.45. The number of aromatic nitrogens is 3. The second-order valence-corrected chi connectivity index (χ2v) is 4.71. The molecule has 2 N–H and O–H groups in total. The van der Waals surface area contributed by atoms with Crippen molar-refractivity contribution >= 4 is 5.91 Å². The fraction of sp³-hybridized carbons (Fsp3) is 0.357. The molecule has 0 bridgehead atoms. The number of amides is 1. The summed E-state index contributed by atoms with van der Waals surface area (Å²) in [5.41, 5.74) is 2.68. The van der Waals surface area contributed by atoms with Crippen LogP contribution < -0.4 is 5.32 Å². The highest BCUT2D eigenvalue weighted by Gasteiger charge is 2.12. The molecule has 0 radical (unpaired) electrons. The Kier molecular flexibility index (Phi) is 4.47. The normalized spacial score (nSPS) is 12.2. The summed E-state index contributed by atoms with van der Waals surface area (Å²) in [6, 6.07) is 7.88. The summed E-state index contributed by atoms with van der Waals surface area (Å²) in [4.78, 5) is 11.9. The summed E-state index contributed by atoms with van der Waals surface area (Å²) in [5, 5.41) is 19.3. The summed E-state index contributed by atoms with van der Waals surface area (Å²) in [6.07, 6.45) is 1.55. The lowest BCUT2D eigenvalue weighted by molar-refractivity contribution is -0.122. The third-order valence-electron chi connectivity index (χ3n) is 3.09. The number of hydrogen-bond donors (Lipinski definition) is 2. The smallest absolute Gasteiger partial charge is 0.242 e. The van der Waals surface area contributed by atoms with Gasteiger partial charge in [-0.3, -0.25) is 4.79 Å². The molecule has 0 spiro atoms. The average molecular weight is 274 g/mol. The summed E-state index contributed by atoms with van der Waals surface area (Å²) in [5.74, 6) is -0.143. The van der Waals surface area contributed by atoms with Gasteiger partial charge in [-0.2, -0.15) is 0 Å². The van der Waals surface area contributed by atoms with Crippen LogP contribution in [-0.2, 0) is 17.9 Å². The lowest BCUT2D eigenvalue weighted by atomic mass is 10.0. The highest BCUT2D eigenvalue weighted by Crippen LogP contribution is 2.16. The van der Waals surface area contributed by atoms with Crippen molar-refractivity contribution in [2.24, 2.45) is 0 Å². The van der Waals surface area contributed by atoms with Crippen LogP contribution in [0.1, 0.15) is 29.8 Å². The van der Waals surface area contributed by atoms with Crippen molar-refractivity contribution in [1.29, 1.82) is 0 Å². The molecule has 20 heavy (non-hydrogen) atoms. The Labute approximate surface area is 117 Å². The lowest BCUT2D eigenvalue weighted by Gasteiger charge is -2.16. The second-order valence-electron chi connectivity index (χ2n) is 4.71. The van der Waals surface area contributed by atoms with E-state index in [4.69, 9.17) is 5.11 Å². The van der Waals surface area contributed by atoms with Crippen molar-refractivity contribution in [2.75, 3.05) is 0 Å². The van der Waals surface area contributed by atoms with Crippen molar-refractivity contribution in [3.8, 4) is 0 Å². The van der Waals surface area contributed by atoms with E-state index in [0.29, 0.717) is 5.69 Å². The summed E-state index contributed by atoms with van der Waals surface area (Å²) in [7, 11) is 0. The zero-order valence-electron chi connectivity index (χ0n) is 11.6. The van der Waals surface area contributed by atoms with Gasteiger partial charge in [0.15, 0.2) is 0 Å². The van der Waals surface area contributed by atoms with Gasteiger partial charge in [-0.05, 0) is 25.0 Å². The SMILES string of the molecule is Cc1ccccc1C(C)NC(=O)Cn1cc(CO)nn1. The Morgan fingerprint density at radius 1 is 1.45 bits per heavy atom. The molecule has 0 aliphatic carbocycles. The maximum absolute atomic E-state index is 11.9. The molecule has 1 aromatic carbocycles. The van der Waals surface area contributed by atoms with Gasteiger partial charge in [0.25, 0.3) is 0 Å². The zero-order valence-corrected chi connectivity index (χ0v) is 11.6. The Hall–Kier alpha value is -2.21. The number of nitrogens with one attached hydrogen (secondary N) is 1. The van der Waals surface area contributed by atoms with Gasteiger partial charge in [0.1, 0.15) is 12.2 Å². The molecule has 1 aromatic heterocycles. The summed E-state index contributed by atoms with van der Waals surface area (Å²) < 4.78 is 1.41. The number of carbonyl (C=O) groups is 1. The van der Waals surface area contributed by atoms with Crippen molar-refractivity contribution in [2.45, 2.75) is 33.0 Å². The summed E-state index contributed by atoms with van der Waals surface area (Å²) >= 11 is 0. The van der Waals surface area contributed by atoms with Crippen molar-refractivity contribution in [1.82, 2.24) is 20.3 Å². The van der Waals surface area contributed by atoms with Gasteiger partial charge in [-0.15, -0.1) is 5.10 Å². The monoisotopic (exact) mass is 274 g/mol. The molecule has 0 aliphatic heterocycles. The molecule has 0 aliphatic rings. The quantitative estimate of drug-likeness (QED) is 0.851. The maximum atomic E-state index is 11.9. The third kappa shape index (κ3) is 3.42. The Morgan fingerprint density at radius 3 is 2.85 bits per heavy atom. The van der Waals surface area contributed by atoms with Gasteiger partial charge in [0.05, 0.1) is 18.8 Å².